The monoisotopic (exact) mass is 220 g/mol. The molecule has 1 aromatic carbocycles. The minimum absolute atomic E-state index is 0. The van der Waals surface area contributed by atoms with Gasteiger partial charge >= 0.3 is 23.1 Å². The fourth-order valence-corrected chi connectivity index (χ4v) is 0.547. The molecule has 0 fully saturated rings. The van der Waals surface area contributed by atoms with Crippen LogP contribution < -0.4 is 21.7 Å². The molecule has 0 spiro atoms. The molecule has 0 bridgehead atoms. The molecule has 0 unspecified atom stereocenters. The quantitative estimate of drug-likeness (QED) is 0.310. The van der Waals surface area contributed by atoms with Gasteiger partial charge in [-0.15, -0.1) is 6.11 Å². The molecule has 0 aromatic heterocycles. The maximum absolute atomic E-state index is 6.47. The van der Waals surface area contributed by atoms with E-state index in [1.165, 1.54) is 0 Å². The van der Waals surface area contributed by atoms with Gasteiger partial charge in [0.05, 0.1) is 0 Å². The minimum atomic E-state index is 0. The molecule has 0 aliphatic carbocycles. The summed E-state index contributed by atoms with van der Waals surface area (Å²) in [4.78, 5) is 0. The Labute approximate surface area is 93.1 Å². The van der Waals surface area contributed by atoms with Gasteiger partial charge in [0, 0.05) is 0 Å². The van der Waals surface area contributed by atoms with E-state index in [9.17, 15) is 0 Å². The van der Waals surface area contributed by atoms with Gasteiger partial charge in [0.25, 0.3) is 0 Å². The number of benzene rings is 1. The van der Waals surface area contributed by atoms with Crippen LogP contribution >= 0.6 is 0 Å². The first-order valence-corrected chi connectivity index (χ1v) is 2.57. The molecule has 1 aromatic rings. The summed E-state index contributed by atoms with van der Waals surface area (Å²) in [5.74, 6) is 0.646. The van der Waals surface area contributed by atoms with Crippen LogP contribution in [0.2, 0.25) is 0 Å². The van der Waals surface area contributed by atoms with Crippen LogP contribution in [0.5, 0.6) is 5.75 Å². The Bertz CT molecular complexity index is 217. The van der Waals surface area contributed by atoms with Gasteiger partial charge in [0.15, 0.2) is 0 Å². The molecule has 0 saturated carbocycles. The van der Waals surface area contributed by atoms with Gasteiger partial charge in [-0.1, -0.05) is 18.2 Å². The van der Waals surface area contributed by atoms with Crippen molar-refractivity contribution < 1.29 is 21.7 Å². The molecule has 1 rings (SSSR count). The van der Waals surface area contributed by atoms with Gasteiger partial charge in [-0.3, -0.25) is 0 Å². The van der Waals surface area contributed by atoms with Crippen molar-refractivity contribution in [2.24, 2.45) is 0 Å². The Morgan fingerprint density at radius 2 is 1.73 bits per heavy atom. The van der Waals surface area contributed by atoms with Crippen molar-refractivity contribution in [1.82, 2.24) is 0 Å². The van der Waals surface area contributed by atoms with Crippen LogP contribution in [0.4, 0.5) is 0 Å². The Morgan fingerprint density at radius 1 is 1.18 bits per heavy atom. The molecule has 3 heteroatoms. The first kappa shape index (κ1) is 13.4. The van der Waals surface area contributed by atoms with Crippen molar-refractivity contribution in [2.45, 2.75) is 0 Å². The molecular formula is C8H5BrMgO. The normalized spacial score (nSPS) is 6.45. The zero-order valence-electron chi connectivity index (χ0n) is 5.88. The van der Waals surface area contributed by atoms with E-state index in [4.69, 9.17) is 6.42 Å². The van der Waals surface area contributed by atoms with Gasteiger partial charge < -0.3 is 28.1 Å². The second kappa shape index (κ2) is 7.93. The summed E-state index contributed by atoms with van der Waals surface area (Å²) in [5, 5.41) is 0. The third-order valence-corrected chi connectivity index (χ3v) is 0.912. The van der Waals surface area contributed by atoms with Gasteiger partial charge in [-0.05, 0) is 12.1 Å². The van der Waals surface area contributed by atoms with Crippen molar-refractivity contribution in [1.29, 1.82) is 0 Å². The molecule has 52 valence electrons. The van der Waals surface area contributed by atoms with Gasteiger partial charge in [-0.25, -0.2) is 0 Å². The second-order valence-electron chi connectivity index (χ2n) is 1.52. The summed E-state index contributed by atoms with van der Waals surface area (Å²) >= 11 is 0. The van der Waals surface area contributed by atoms with Crippen molar-refractivity contribution >= 4 is 23.1 Å². The molecule has 0 aliphatic rings. The van der Waals surface area contributed by atoms with Gasteiger partial charge in [0.1, 0.15) is 5.75 Å². The summed E-state index contributed by atoms with van der Waals surface area (Å²) in [6, 6.07) is 9.10. The number of hydrogen-bond donors (Lipinski definition) is 0. The maximum atomic E-state index is 6.47. The SMILES string of the molecule is [Br-].[C-]#COc1ccccc1.[Mg+2]. The van der Waals surface area contributed by atoms with E-state index >= 15 is 0 Å². The number of ether oxygens (including phenoxy) is 1. The smallest absolute Gasteiger partial charge is 1.00 e. The molecule has 1 nitrogen and oxygen atoms in total. The fraction of sp³-hybridized carbons (Fsp3) is 0. The molecule has 0 aliphatic heterocycles. The third kappa shape index (κ3) is 5.13. The van der Waals surface area contributed by atoms with E-state index in [-0.39, 0.29) is 40.0 Å². The first-order chi connectivity index (χ1) is 4.43. The molecule has 0 atom stereocenters. The summed E-state index contributed by atoms with van der Waals surface area (Å²) < 4.78 is 4.62. The van der Waals surface area contributed by atoms with E-state index < -0.39 is 0 Å². The molecule has 0 amide bonds. The van der Waals surface area contributed by atoms with Crippen LogP contribution in [0, 0.1) is 12.5 Å². The summed E-state index contributed by atoms with van der Waals surface area (Å²) in [7, 11) is 0. The average molecular weight is 221 g/mol. The van der Waals surface area contributed by atoms with Crippen LogP contribution in [-0.2, 0) is 0 Å². The zero-order chi connectivity index (χ0) is 6.53. The van der Waals surface area contributed by atoms with Crippen LogP contribution in [-0.4, -0.2) is 23.1 Å². The molecule has 0 saturated heterocycles. The van der Waals surface area contributed by atoms with E-state index in [0.717, 1.165) is 0 Å². The fourth-order valence-electron chi connectivity index (χ4n) is 0.547. The zero-order valence-corrected chi connectivity index (χ0v) is 8.88. The Morgan fingerprint density at radius 3 is 2.18 bits per heavy atom. The van der Waals surface area contributed by atoms with Crippen molar-refractivity contribution in [3.8, 4) is 11.9 Å². The Balaban J connectivity index is 0. The molecule has 0 radical (unpaired) electrons. The standard InChI is InChI=1S/C8H5O.BrH.Mg/c1-2-9-8-6-4-3-5-7-8;;/h3-7H;1H;/q-1;;+2/p-1. The van der Waals surface area contributed by atoms with Crippen LogP contribution in [0.25, 0.3) is 0 Å². The van der Waals surface area contributed by atoms with E-state index in [0.29, 0.717) is 5.75 Å². The van der Waals surface area contributed by atoms with E-state index in [1.54, 1.807) is 12.1 Å². The summed E-state index contributed by atoms with van der Waals surface area (Å²) in [6.45, 7) is 0. The topological polar surface area (TPSA) is 9.23 Å². The van der Waals surface area contributed by atoms with E-state index in [1.807, 2.05) is 24.3 Å². The minimum Gasteiger partial charge on any atom is -1.00 e. The summed E-state index contributed by atoms with van der Waals surface area (Å²) in [6.07, 6.45) is 8.30. The second-order valence-corrected chi connectivity index (χ2v) is 1.52. The third-order valence-electron chi connectivity index (χ3n) is 0.912. The molecular weight excluding hydrogens is 216 g/mol. The molecule has 11 heavy (non-hydrogen) atoms. The number of halogens is 1. The van der Waals surface area contributed by atoms with Crippen molar-refractivity contribution in [3.05, 3.63) is 36.8 Å². The van der Waals surface area contributed by atoms with Gasteiger partial charge in [-0.2, -0.15) is 0 Å². The largest absolute Gasteiger partial charge is 2.00 e. The average Bonchev–Trinajstić information content (AvgIpc) is 1.91. The van der Waals surface area contributed by atoms with Crippen molar-refractivity contribution in [2.75, 3.05) is 0 Å². The number of hydrogen-bond acceptors (Lipinski definition) is 1. The van der Waals surface area contributed by atoms with E-state index in [2.05, 4.69) is 4.74 Å². The molecule has 0 heterocycles. The number of para-hydroxylation sites is 1. The van der Waals surface area contributed by atoms with Crippen LogP contribution in [0.1, 0.15) is 0 Å². The van der Waals surface area contributed by atoms with Gasteiger partial charge in [0.2, 0.25) is 0 Å². The predicted molar refractivity (Wildman–Crippen MR) is 40.0 cm³/mol. The maximum Gasteiger partial charge on any atom is 2.00 e. The first-order valence-electron chi connectivity index (χ1n) is 2.57. The predicted octanol–water partition coefficient (Wildman–Crippen LogP) is -1.76. The summed E-state index contributed by atoms with van der Waals surface area (Å²) in [5.41, 5.74) is 0. The Hall–Kier alpha value is -0.174. The molecule has 0 N–H and O–H groups in total. The van der Waals surface area contributed by atoms with Crippen molar-refractivity contribution in [3.63, 3.8) is 0 Å². The van der Waals surface area contributed by atoms with Crippen LogP contribution in [0.15, 0.2) is 30.3 Å². The van der Waals surface area contributed by atoms with Crippen LogP contribution in [0.3, 0.4) is 0 Å². The Kier molecular flexibility index (Phi) is 9.67. The number of rotatable bonds is 1.